The molecule has 248 valence electrons. The smallest absolute Gasteiger partial charge is 0.214 e. The van der Waals surface area contributed by atoms with E-state index < -0.39 is 25.6 Å². The van der Waals surface area contributed by atoms with Gasteiger partial charge in [-0.3, -0.25) is 14.8 Å². The number of sulfonamides is 2. The lowest BCUT2D eigenvalue weighted by molar-refractivity contribution is -0.123. The van der Waals surface area contributed by atoms with Crippen LogP contribution in [-0.4, -0.2) is 95.9 Å². The Morgan fingerprint density at radius 3 is 1.78 bits per heavy atom. The molecule has 0 radical (unpaired) electrons. The molecule has 0 aliphatic carbocycles. The summed E-state index contributed by atoms with van der Waals surface area (Å²) < 4.78 is 52.5. The summed E-state index contributed by atoms with van der Waals surface area (Å²) in [5.74, 6) is 1.14. The van der Waals surface area contributed by atoms with Crippen molar-refractivity contribution in [1.82, 2.24) is 28.5 Å². The van der Waals surface area contributed by atoms with Crippen LogP contribution < -0.4 is 4.90 Å². The van der Waals surface area contributed by atoms with Crippen molar-refractivity contribution in [3.05, 3.63) is 82.6 Å². The van der Waals surface area contributed by atoms with E-state index in [9.17, 15) is 21.6 Å². The maximum atomic E-state index is 12.8. The Morgan fingerprint density at radius 1 is 0.804 bits per heavy atom. The number of carbonyl (C=O) groups excluding carboxylic acids is 1. The highest BCUT2D eigenvalue weighted by Crippen LogP contribution is 2.40. The van der Waals surface area contributed by atoms with Crippen LogP contribution in [0.15, 0.2) is 48.9 Å². The number of halogens is 1. The first kappa shape index (κ1) is 34.2. The first-order chi connectivity index (χ1) is 21.6. The Hall–Kier alpha value is -3.17. The largest absolute Gasteiger partial charge is 0.352 e. The van der Waals surface area contributed by atoms with Gasteiger partial charge in [-0.15, -0.1) is 12.4 Å². The predicted molar refractivity (Wildman–Crippen MR) is 177 cm³/mol. The van der Waals surface area contributed by atoms with Gasteiger partial charge in [-0.25, -0.2) is 21.8 Å². The molecule has 0 N–H and O–H groups in total. The van der Waals surface area contributed by atoms with Crippen LogP contribution in [0.25, 0.3) is 0 Å². The second kappa shape index (κ2) is 13.5. The van der Waals surface area contributed by atoms with E-state index >= 15 is 0 Å². The quantitative estimate of drug-likeness (QED) is 0.310. The van der Waals surface area contributed by atoms with Crippen molar-refractivity contribution < 1.29 is 21.6 Å². The van der Waals surface area contributed by atoms with Gasteiger partial charge in [0.25, 0.3) is 0 Å². The topological polar surface area (TPSA) is 137 Å². The molecule has 3 saturated heterocycles. The van der Waals surface area contributed by atoms with E-state index in [4.69, 9.17) is 4.98 Å². The maximum absolute atomic E-state index is 12.8. The molecule has 12 nitrogen and oxygen atoms in total. The van der Waals surface area contributed by atoms with Gasteiger partial charge in [0, 0.05) is 55.9 Å². The summed E-state index contributed by atoms with van der Waals surface area (Å²) in [5.41, 5.74) is 3.96. The second-order valence-electron chi connectivity index (χ2n) is 12.0. The molecule has 6 heterocycles. The molecule has 15 heteroatoms. The first-order valence-electron chi connectivity index (χ1n) is 15.3. The van der Waals surface area contributed by atoms with Crippen LogP contribution in [0.2, 0.25) is 0 Å². The van der Waals surface area contributed by atoms with Crippen LogP contribution in [0.1, 0.15) is 53.4 Å². The number of pyridine rings is 3. The minimum absolute atomic E-state index is 0. The average molecular weight is 690 g/mol. The van der Waals surface area contributed by atoms with Gasteiger partial charge in [-0.05, 0) is 49.4 Å². The van der Waals surface area contributed by atoms with Crippen LogP contribution in [0.5, 0.6) is 0 Å². The molecule has 1 amide bonds. The molecule has 3 fully saturated rings. The molecule has 3 aromatic rings. The number of rotatable bonds is 9. The molecule has 46 heavy (non-hydrogen) atoms. The zero-order chi connectivity index (χ0) is 31.8. The van der Waals surface area contributed by atoms with Gasteiger partial charge in [-0.2, -0.15) is 8.61 Å². The summed E-state index contributed by atoms with van der Waals surface area (Å²) in [4.78, 5) is 30.9. The Bertz CT molecular complexity index is 1680. The second-order valence-corrected chi connectivity index (χ2v) is 16.2. The third-order valence-corrected chi connectivity index (χ3v) is 13.0. The number of piperazine rings is 1. The van der Waals surface area contributed by atoms with Gasteiger partial charge in [0.1, 0.15) is 11.4 Å². The SMILES string of the molecule is CCc1cnc(N2CCN(C=O)C(c3ccc(CN4CCCS4(=O)=O)nc3)(c3ccc(CN4CCCS4(=O)=O)nc3)C2)c(C)c1.Cl. The Morgan fingerprint density at radius 2 is 1.37 bits per heavy atom. The van der Waals surface area contributed by atoms with Crippen LogP contribution >= 0.6 is 12.4 Å². The summed E-state index contributed by atoms with van der Waals surface area (Å²) >= 11 is 0. The number of carbonyl (C=O) groups is 1. The van der Waals surface area contributed by atoms with Gasteiger partial charge in [0.05, 0.1) is 42.5 Å². The molecule has 0 saturated carbocycles. The average Bonchev–Trinajstić information content (AvgIpc) is 3.55. The van der Waals surface area contributed by atoms with E-state index in [0.29, 0.717) is 57.0 Å². The van der Waals surface area contributed by atoms with Crippen molar-refractivity contribution in [3.63, 3.8) is 0 Å². The molecule has 6 rings (SSSR count). The molecule has 3 aliphatic heterocycles. The van der Waals surface area contributed by atoms with Crippen molar-refractivity contribution in [1.29, 1.82) is 0 Å². The van der Waals surface area contributed by atoms with E-state index in [0.717, 1.165) is 40.9 Å². The normalized spacial score (nSPS) is 20.8. The van der Waals surface area contributed by atoms with Gasteiger partial charge in [0.15, 0.2) is 0 Å². The van der Waals surface area contributed by atoms with Gasteiger partial charge < -0.3 is 9.80 Å². The molecule has 0 spiro atoms. The lowest BCUT2D eigenvalue weighted by Gasteiger charge is -2.50. The Labute approximate surface area is 277 Å². The molecule has 3 aromatic heterocycles. The van der Waals surface area contributed by atoms with E-state index in [1.54, 1.807) is 17.3 Å². The zero-order valence-electron chi connectivity index (χ0n) is 26.1. The fraction of sp³-hybridized carbons (Fsp3) is 0.484. The van der Waals surface area contributed by atoms with E-state index in [1.165, 1.54) is 8.61 Å². The number of aryl methyl sites for hydroxylation is 2. The van der Waals surface area contributed by atoms with Crippen LogP contribution in [-0.2, 0) is 49.9 Å². The van der Waals surface area contributed by atoms with Crippen molar-refractivity contribution >= 4 is 44.7 Å². The summed E-state index contributed by atoms with van der Waals surface area (Å²) in [6.45, 7) is 6.86. The number of aromatic nitrogens is 3. The highest BCUT2D eigenvalue weighted by molar-refractivity contribution is 7.89. The lowest BCUT2D eigenvalue weighted by Crippen LogP contribution is -2.60. The number of anilines is 1. The van der Waals surface area contributed by atoms with E-state index in [-0.39, 0.29) is 37.0 Å². The van der Waals surface area contributed by atoms with Crippen molar-refractivity contribution in [2.75, 3.05) is 49.1 Å². The molecule has 3 aliphatic rings. The summed E-state index contributed by atoms with van der Waals surface area (Å²) in [5, 5.41) is 0. The van der Waals surface area contributed by atoms with Crippen molar-refractivity contribution in [3.8, 4) is 0 Å². The minimum atomic E-state index is -3.28. The van der Waals surface area contributed by atoms with E-state index in [1.807, 2.05) is 37.4 Å². The highest BCUT2D eigenvalue weighted by atomic mass is 35.5. The fourth-order valence-electron chi connectivity index (χ4n) is 6.64. The number of hydrogen-bond acceptors (Lipinski definition) is 9. The fourth-order valence-corrected chi connectivity index (χ4v) is 9.62. The van der Waals surface area contributed by atoms with Gasteiger partial charge >= 0.3 is 0 Å². The first-order valence-corrected chi connectivity index (χ1v) is 18.6. The standard InChI is InChI=1S/C31H39N7O5S2.ClH/c1-3-25-16-24(2)30(34-17-25)35-12-13-36(23-39)31(22-35,26-6-8-28(32-18-26)20-37-10-4-14-44(37,40)41)27-7-9-29(33-19-27)21-38-11-5-15-45(38,42)43;/h6-9,16-19,23H,3-5,10-15,20-22H2,1-2H3;1H. The van der Waals surface area contributed by atoms with Gasteiger partial charge in [0.2, 0.25) is 26.5 Å². The molecular formula is C31H40ClN7O5S2. The Balaban J connectivity index is 0.00000417. The summed E-state index contributed by atoms with van der Waals surface area (Å²) in [6.07, 6.45) is 8.28. The van der Waals surface area contributed by atoms with Crippen LogP contribution in [0.4, 0.5) is 5.82 Å². The Kier molecular flexibility index (Phi) is 10.0. The lowest BCUT2D eigenvalue weighted by atomic mass is 9.80. The summed E-state index contributed by atoms with van der Waals surface area (Å²) in [7, 11) is -6.55. The number of hydrogen-bond donors (Lipinski definition) is 0. The van der Waals surface area contributed by atoms with Crippen LogP contribution in [0, 0.1) is 6.92 Å². The third kappa shape index (κ3) is 6.50. The molecular weight excluding hydrogens is 650 g/mol. The van der Waals surface area contributed by atoms with Crippen LogP contribution in [0.3, 0.4) is 0 Å². The van der Waals surface area contributed by atoms with Crippen molar-refractivity contribution in [2.24, 2.45) is 0 Å². The molecule has 0 aromatic carbocycles. The third-order valence-electron chi connectivity index (χ3n) is 9.15. The molecule has 0 bridgehead atoms. The number of amides is 1. The zero-order valence-corrected chi connectivity index (χ0v) is 28.5. The number of nitrogens with zero attached hydrogens (tertiary/aromatic N) is 7. The molecule has 0 unspecified atom stereocenters. The van der Waals surface area contributed by atoms with E-state index in [2.05, 4.69) is 27.9 Å². The maximum Gasteiger partial charge on any atom is 0.214 e. The summed E-state index contributed by atoms with van der Waals surface area (Å²) in [6, 6.07) is 9.62. The molecule has 0 atom stereocenters. The minimum Gasteiger partial charge on any atom is -0.352 e. The van der Waals surface area contributed by atoms with Crippen molar-refractivity contribution in [2.45, 2.75) is 51.7 Å². The van der Waals surface area contributed by atoms with Gasteiger partial charge in [-0.1, -0.05) is 25.1 Å². The predicted octanol–water partition coefficient (Wildman–Crippen LogP) is 2.46. The monoisotopic (exact) mass is 689 g/mol. The highest BCUT2D eigenvalue weighted by Gasteiger charge is 2.46.